The molecule has 1 atom stereocenters. The second kappa shape index (κ2) is 4.92. The molecular formula is C8H16N4O2. The molecule has 0 radical (unpaired) electrons. The lowest BCUT2D eigenvalue weighted by Crippen LogP contribution is -2.17. The van der Waals surface area contributed by atoms with Crippen molar-refractivity contribution < 1.29 is 9.63 Å². The Hall–Kier alpha value is -1.14. The first-order valence-electron chi connectivity index (χ1n) is 4.62. The molecule has 14 heavy (non-hydrogen) atoms. The molecular weight excluding hydrogens is 184 g/mol. The topological polar surface area (TPSA) is 88.4 Å². The molecule has 0 saturated heterocycles. The third-order valence-electron chi connectivity index (χ3n) is 1.97. The van der Waals surface area contributed by atoms with Crippen LogP contribution in [0.25, 0.3) is 0 Å². The number of anilines is 1. The van der Waals surface area contributed by atoms with Crippen molar-refractivity contribution in [1.82, 2.24) is 10.1 Å². The van der Waals surface area contributed by atoms with Crippen molar-refractivity contribution in [3.8, 4) is 0 Å². The average molecular weight is 200 g/mol. The molecule has 6 nitrogen and oxygen atoms in total. The van der Waals surface area contributed by atoms with Crippen LogP contribution in [0.3, 0.4) is 0 Å². The second-order valence-electron chi connectivity index (χ2n) is 3.04. The lowest BCUT2D eigenvalue weighted by atomic mass is 10.2. The van der Waals surface area contributed by atoms with Gasteiger partial charge in [0.15, 0.2) is 0 Å². The SMILES string of the molecule is CCN(C)c1noc(C(O)CCN)n1. The minimum Gasteiger partial charge on any atom is -0.383 e. The summed E-state index contributed by atoms with van der Waals surface area (Å²) < 4.78 is 4.89. The maximum atomic E-state index is 9.49. The van der Waals surface area contributed by atoms with Gasteiger partial charge in [0.1, 0.15) is 6.10 Å². The van der Waals surface area contributed by atoms with Crippen LogP contribution in [0.5, 0.6) is 0 Å². The van der Waals surface area contributed by atoms with Gasteiger partial charge in [-0.1, -0.05) is 0 Å². The second-order valence-corrected chi connectivity index (χ2v) is 3.04. The van der Waals surface area contributed by atoms with E-state index in [0.29, 0.717) is 18.9 Å². The van der Waals surface area contributed by atoms with Crippen LogP contribution in [0.1, 0.15) is 25.3 Å². The van der Waals surface area contributed by atoms with Crippen LogP contribution < -0.4 is 10.6 Å². The summed E-state index contributed by atoms with van der Waals surface area (Å²) in [7, 11) is 1.85. The Morgan fingerprint density at radius 2 is 2.36 bits per heavy atom. The molecule has 0 fully saturated rings. The molecule has 1 heterocycles. The van der Waals surface area contributed by atoms with Crippen molar-refractivity contribution >= 4 is 5.95 Å². The highest BCUT2D eigenvalue weighted by atomic mass is 16.5. The molecule has 0 aliphatic rings. The maximum Gasteiger partial charge on any atom is 0.265 e. The predicted octanol–water partition coefficient (Wildman–Crippen LogP) is -0.0921. The average Bonchev–Trinajstić information content (AvgIpc) is 2.66. The summed E-state index contributed by atoms with van der Waals surface area (Å²) in [6.07, 6.45) is -0.330. The summed E-state index contributed by atoms with van der Waals surface area (Å²) in [6.45, 7) is 3.15. The zero-order chi connectivity index (χ0) is 10.6. The normalized spacial score (nSPS) is 12.9. The fourth-order valence-corrected chi connectivity index (χ4v) is 0.940. The van der Waals surface area contributed by atoms with Crippen molar-refractivity contribution in [3.05, 3.63) is 5.89 Å². The largest absolute Gasteiger partial charge is 0.383 e. The third kappa shape index (κ3) is 2.43. The summed E-state index contributed by atoms with van der Waals surface area (Å²) >= 11 is 0. The number of rotatable bonds is 5. The molecule has 0 aromatic carbocycles. The number of hydrogen-bond donors (Lipinski definition) is 2. The molecule has 0 spiro atoms. The quantitative estimate of drug-likeness (QED) is 0.690. The van der Waals surface area contributed by atoms with E-state index >= 15 is 0 Å². The molecule has 3 N–H and O–H groups in total. The molecule has 1 rings (SSSR count). The van der Waals surface area contributed by atoms with E-state index in [0.717, 1.165) is 6.54 Å². The van der Waals surface area contributed by atoms with E-state index in [1.165, 1.54) is 0 Å². The Bertz CT molecular complexity index is 276. The number of hydrogen-bond acceptors (Lipinski definition) is 6. The lowest BCUT2D eigenvalue weighted by Gasteiger charge is -2.09. The van der Waals surface area contributed by atoms with Gasteiger partial charge in [0.2, 0.25) is 0 Å². The van der Waals surface area contributed by atoms with Gasteiger partial charge in [0, 0.05) is 13.6 Å². The molecule has 1 unspecified atom stereocenters. The Balaban J connectivity index is 2.67. The van der Waals surface area contributed by atoms with Crippen LogP contribution in [-0.4, -0.2) is 35.4 Å². The predicted molar refractivity (Wildman–Crippen MR) is 51.9 cm³/mol. The van der Waals surface area contributed by atoms with Gasteiger partial charge in [0.25, 0.3) is 11.8 Å². The highest BCUT2D eigenvalue weighted by molar-refractivity contribution is 5.25. The molecule has 1 aromatic rings. The highest BCUT2D eigenvalue weighted by Crippen LogP contribution is 2.16. The third-order valence-corrected chi connectivity index (χ3v) is 1.97. The first kappa shape index (κ1) is 10.9. The van der Waals surface area contributed by atoms with Crippen LogP contribution >= 0.6 is 0 Å². The lowest BCUT2D eigenvalue weighted by molar-refractivity contribution is 0.127. The van der Waals surface area contributed by atoms with Gasteiger partial charge in [-0.15, -0.1) is 0 Å². The monoisotopic (exact) mass is 200 g/mol. The van der Waals surface area contributed by atoms with Gasteiger partial charge in [0.05, 0.1) is 0 Å². The van der Waals surface area contributed by atoms with Crippen molar-refractivity contribution in [1.29, 1.82) is 0 Å². The van der Waals surface area contributed by atoms with Crippen molar-refractivity contribution in [2.75, 3.05) is 25.0 Å². The van der Waals surface area contributed by atoms with E-state index in [1.54, 1.807) is 0 Å². The smallest absolute Gasteiger partial charge is 0.265 e. The Kier molecular flexibility index (Phi) is 3.84. The zero-order valence-electron chi connectivity index (χ0n) is 8.47. The van der Waals surface area contributed by atoms with Gasteiger partial charge in [-0.05, 0) is 25.0 Å². The summed E-state index contributed by atoms with van der Waals surface area (Å²) in [5.74, 6) is 0.712. The first-order valence-corrected chi connectivity index (χ1v) is 4.62. The van der Waals surface area contributed by atoms with Gasteiger partial charge in [-0.25, -0.2) is 0 Å². The summed E-state index contributed by atoms with van der Waals surface area (Å²) in [5, 5.41) is 13.2. The first-order chi connectivity index (χ1) is 6.69. The molecule has 0 aliphatic heterocycles. The van der Waals surface area contributed by atoms with Crippen LogP contribution in [0.4, 0.5) is 5.95 Å². The number of nitrogens with two attached hydrogens (primary N) is 1. The molecule has 1 aromatic heterocycles. The number of nitrogens with zero attached hydrogens (tertiary/aromatic N) is 3. The van der Waals surface area contributed by atoms with Crippen LogP contribution in [0.2, 0.25) is 0 Å². The molecule has 0 bridgehead atoms. The Labute approximate surface area is 82.7 Å². The summed E-state index contributed by atoms with van der Waals surface area (Å²) in [5.41, 5.74) is 5.30. The Morgan fingerprint density at radius 3 is 2.93 bits per heavy atom. The van der Waals surface area contributed by atoms with Crippen molar-refractivity contribution in [2.24, 2.45) is 5.73 Å². The molecule has 0 amide bonds. The number of aliphatic hydroxyl groups excluding tert-OH is 1. The van der Waals surface area contributed by atoms with Crippen molar-refractivity contribution in [2.45, 2.75) is 19.4 Å². The van der Waals surface area contributed by atoms with E-state index in [1.807, 2.05) is 18.9 Å². The van der Waals surface area contributed by atoms with E-state index in [9.17, 15) is 5.11 Å². The molecule has 80 valence electrons. The minimum atomic E-state index is -0.758. The Morgan fingerprint density at radius 1 is 1.64 bits per heavy atom. The molecule has 0 saturated carbocycles. The van der Waals surface area contributed by atoms with E-state index in [-0.39, 0.29) is 5.89 Å². The van der Waals surface area contributed by atoms with Crippen molar-refractivity contribution in [3.63, 3.8) is 0 Å². The van der Waals surface area contributed by atoms with Gasteiger partial charge < -0.3 is 20.3 Å². The standard InChI is InChI=1S/C8H16N4O2/c1-3-12(2)8-10-7(14-11-8)6(13)4-5-9/h6,13H,3-5,9H2,1-2H3. The molecule has 6 heteroatoms. The molecule has 0 aliphatic carbocycles. The van der Waals surface area contributed by atoms with Gasteiger partial charge in [-0.2, -0.15) is 4.98 Å². The highest BCUT2D eigenvalue weighted by Gasteiger charge is 2.16. The fraction of sp³-hybridized carbons (Fsp3) is 0.750. The van der Waals surface area contributed by atoms with Gasteiger partial charge >= 0.3 is 0 Å². The van der Waals surface area contributed by atoms with E-state index in [2.05, 4.69) is 10.1 Å². The summed E-state index contributed by atoms with van der Waals surface area (Å²) in [6, 6.07) is 0. The van der Waals surface area contributed by atoms with Crippen LogP contribution in [0.15, 0.2) is 4.52 Å². The van der Waals surface area contributed by atoms with Gasteiger partial charge in [-0.3, -0.25) is 0 Å². The van der Waals surface area contributed by atoms with Crippen LogP contribution in [0, 0.1) is 0 Å². The number of aliphatic hydroxyl groups is 1. The fourth-order valence-electron chi connectivity index (χ4n) is 0.940. The van der Waals surface area contributed by atoms with E-state index < -0.39 is 6.10 Å². The number of aromatic nitrogens is 2. The minimum absolute atomic E-state index is 0.228. The van der Waals surface area contributed by atoms with E-state index in [4.69, 9.17) is 10.3 Å². The zero-order valence-corrected chi connectivity index (χ0v) is 8.47. The summed E-state index contributed by atoms with van der Waals surface area (Å²) in [4.78, 5) is 5.86. The van der Waals surface area contributed by atoms with Crippen LogP contribution in [-0.2, 0) is 0 Å². The maximum absolute atomic E-state index is 9.49.